The van der Waals surface area contributed by atoms with Crippen molar-refractivity contribution in [1.29, 1.82) is 0 Å². The summed E-state index contributed by atoms with van der Waals surface area (Å²) >= 11 is 0. The van der Waals surface area contributed by atoms with Crippen molar-refractivity contribution < 1.29 is 9.13 Å². The third-order valence-electron chi connectivity index (χ3n) is 3.26. The van der Waals surface area contributed by atoms with Crippen LogP contribution in [0.2, 0.25) is 0 Å². The molecule has 2 nitrogen and oxygen atoms in total. The van der Waals surface area contributed by atoms with Gasteiger partial charge in [0.1, 0.15) is 6.17 Å². The first-order valence-electron chi connectivity index (χ1n) is 7.24. The van der Waals surface area contributed by atoms with Crippen LogP contribution in [0.5, 0.6) is 0 Å². The molecule has 1 aromatic rings. The van der Waals surface area contributed by atoms with Crippen LogP contribution >= 0.6 is 0 Å². The Morgan fingerprint density at radius 1 is 1.21 bits per heavy atom. The summed E-state index contributed by atoms with van der Waals surface area (Å²) in [5, 5.41) is 0. The van der Waals surface area contributed by atoms with Crippen molar-refractivity contribution in [3.63, 3.8) is 0 Å². The van der Waals surface area contributed by atoms with E-state index in [-0.39, 0.29) is 5.92 Å². The summed E-state index contributed by atoms with van der Waals surface area (Å²) in [7, 11) is 0. The SMILES string of the molecule is CC.CC1CN(CCOCc2ccccc2)CC1F. The highest BCUT2D eigenvalue weighted by Gasteiger charge is 2.28. The van der Waals surface area contributed by atoms with E-state index >= 15 is 0 Å². The molecular formula is C16H26FNO. The number of alkyl halides is 1. The van der Waals surface area contributed by atoms with Crippen LogP contribution < -0.4 is 0 Å². The normalized spacial score (nSPS) is 22.9. The summed E-state index contributed by atoms with van der Waals surface area (Å²) in [4.78, 5) is 2.14. The molecular weight excluding hydrogens is 241 g/mol. The van der Waals surface area contributed by atoms with E-state index in [4.69, 9.17) is 4.74 Å². The van der Waals surface area contributed by atoms with E-state index in [2.05, 4.69) is 17.0 Å². The zero-order valence-electron chi connectivity index (χ0n) is 12.3. The Bertz CT molecular complexity index is 321. The fourth-order valence-electron chi connectivity index (χ4n) is 2.16. The van der Waals surface area contributed by atoms with Crippen molar-refractivity contribution in [3.8, 4) is 0 Å². The van der Waals surface area contributed by atoms with Gasteiger partial charge in [-0.3, -0.25) is 4.90 Å². The highest BCUT2D eigenvalue weighted by atomic mass is 19.1. The zero-order valence-corrected chi connectivity index (χ0v) is 12.3. The van der Waals surface area contributed by atoms with Gasteiger partial charge in [0, 0.05) is 25.6 Å². The Morgan fingerprint density at radius 3 is 2.47 bits per heavy atom. The summed E-state index contributed by atoms with van der Waals surface area (Å²) in [6.45, 7) is 9.54. The second-order valence-corrected chi connectivity index (χ2v) is 4.79. The number of rotatable bonds is 5. The molecule has 1 aliphatic rings. The van der Waals surface area contributed by atoms with Crippen molar-refractivity contribution in [3.05, 3.63) is 35.9 Å². The minimum atomic E-state index is -0.663. The van der Waals surface area contributed by atoms with Gasteiger partial charge in [0.15, 0.2) is 0 Å². The van der Waals surface area contributed by atoms with Crippen LogP contribution in [-0.2, 0) is 11.3 Å². The Hall–Kier alpha value is -0.930. The number of hydrogen-bond acceptors (Lipinski definition) is 2. The van der Waals surface area contributed by atoms with E-state index in [1.807, 2.05) is 39.0 Å². The first-order valence-corrected chi connectivity index (χ1v) is 7.24. The number of benzene rings is 1. The lowest BCUT2D eigenvalue weighted by Gasteiger charge is -2.14. The predicted molar refractivity (Wildman–Crippen MR) is 77.9 cm³/mol. The van der Waals surface area contributed by atoms with Crippen LogP contribution in [0.4, 0.5) is 4.39 Å². The van der Waals surface area contributed by atoms with Gasteiger partial charge >= 0.3 is 0 Å². The summed E-state index contributed by atoms with van der Waals surface area (Å²) in [6, 6.07) is 10.1. The van der Waals surface area contributed by atoms with Gasteiger partial charge in [-0.15, -0.1) is 0 Å². The summed E-state index contributed by atoms with van der Waals surface area (Å²) in [6.07, 6.45) is -0.663. The van der Waals surface area contributed by atoms with Crippen molar-refractivity contribution in [2.45, 2.75) is 33.5 Å². The minimum Gasteiger partial charge on any atom is -0.375 e. The average molecular weight is 267 g/mol. The maximum atomic E-state index is 13.3. The van der Waals surface area contributed by atoms with Gasteiger partial charge in [-0.05, 0) is 5.56 Å². The molecule has 3 heteroatoms. The standard InChI is InChI=1S/C14H20FNO.C2H6/c1-12-9-16(10-14(12)15)7-8-17-11-13-5-3-2-4-6-13;1-2/h2-6,12,14H,7-11H2,1H3;1-2H3. The maximum Gasteiger partial charge on any atom is 0.116 e. The fraction of sp³-hybridized carbons (Fsp3) is 0.625. The summed E-state index contributed by atoms with van der Waals surface area (Å²) < 4.78 is 18.8. The first kappa shape index (κ1) is 16.1. The molecule has 2 atom stereocenters. The van der Waals surface area contributed by atoms with E-state index in [0.717, 1.165) is 13.1 Å². The van der Waals surface area contributed by atoms with Crippen molar-refractivity contribution in [2.75, 3.05) is 26.2 Å². The number of ether oxygens (including phenoxy) is 1. The van der Waals surface area contributed by atoms with Crippen LogP contribution in [0.3, 0.4) is 0 Å². The van der Waals surface area contributed by atoms with Crippen LogP contribution in [-0.4, -0.2) is 37.3 Å². The third-order valence-corrected chi connectivity index (χ3v) is 3.26. The van der Waals surface area contributed by atoms with E-state index in [1.54, 1.807) is 0 Å². The van der Waals surface area contributed by atoms with Gasteiger partial charge in [-0.2, -0.15) is 0 Å². The zero-order chi connectivity index (χ0) is 14.1. The van der Waals surface area contributed by atoms with Crippen molar-refractivity contribution in [2.24, 2.45) is 5.92 Å². The van der Waals surface area contributed by atoms with Gasteiger partial charge < -0.3 is 4.74 Å². The van der Waals surface area contributed by atoms with Gasteiger partial charge in [-0.1, -0.05) is 51.1 Å². The molecule has 0 saturated carbocycles. The Balaban J connectivity index is 0.000000861. The van der Waals surface area contributed by atoms with Crippen molar-refractivity contribution >= 4 is 0 Å². The first-order chi connectivity index (χ1) is 9.25. The number of halogens is 1. The molecule has 0 aromatic heterocycles. The smallest absolute Gasteiger partial charge is 0.116 e. The minimum absolute atomic E-state index is 0.170. The lowest BCUT2D eigenvalue weighted by Crippen LogP contribution is -2.25. The molecule has 1 saturated heterocycles. The number of likely N-dealkylation sites (tertiary alicyclic amines) is 1. The molecule has 1 aromatic carbocycles. The number of hydrogen-bond donors (Lipinski definition) is 0. The Labute approximate surface area is 116 Å². The maximum absolute atomic E-state index is 13.3. The lowest BCUT2D eigenvalue weighted by atomic mass is 10.1. The van der Waals surface area contributed by atoms with E-state index < -0.39 is 6.17 Å². The second kappa shape index (κ2) is 9.05. The topological polar surface area (TPSA) is 12.5 Å². The van der Waals surface area contributed by atoms with Gasteiger partial charge in [0.05, 0.1) is 13.2 Å². The molecule has 108 valence electrons. The fourth-order valence-corrected chi connectivity index (χ4v) is 2.16. The molecule has 0 N–H and O–H groups in total. The van der Waals surface area contributed by atoms with Gasteiger partial charge in [0.25, 0.3) is 0 Å². The highest BCUT2D eigenvalue weighted by Crippen LogP contribution is 2.18. The molecule has 1 fully saturated rings. The predicted octanol–water partition coefficient (Wildman–Crippen LogP) is 3.52. The molecule has 0 bridgehead atoms. The quantitative estimate of drug-likeness (QED) is 0.757. The molecule has 2 unspecified atom stereocenters. The second-order valence-electron chi connectivity index (χ2n) is 4.79. The monoisotopic (exact) mass is 267 g/mol. The molecule has 0 aliphatic carbocycles. The van der Waals surface area contributed by atoms with Crippen molar-refractivity contribution in [1.82, 2.24) is 4.90 Å². The summed E-state index contributed by atoms with van der Waals surface area (Å²) in [5.41, 5.74) is 1.19. The Kier molecular flexibility index (Phi) is 7.68. The van der Waals surface area contributed by atoms with Crippen LogP contribution in [0.15, 0.2) is 30.3 Å². The molecule has 0 spiro atoms. The summed E-state index contributed by atoms with van der Waals surface area (Å²) in [5.74, 6) is 0.170. The van der Waals surface area contributed by atoms with E-state index in [0.29, 0.717) is 19.8 Å². The van der Waals surface area contributed by atoms with Crippen LogP contribution in [0.25, 0.3) is 0 Å². The Morgan fingerprint density at radius 2 is 1.89 bits per heavy atom. The van der Waals surface area contributed by atoms with Crippen LogP contribution in [0, 0.1) is 5.92 Å². The molecule has 1 aliphatic heterocycles. The molecule has 19 heavy (non-hydrogen) atoms. The van der Waals surface area contributed by atoms with Gasteiger partial charge in [-0.25, -0.2) is 4.39 Å². The highest BCUT2D eigenvalue weighted by molar-refractivity contribution is 5.13. The third kappa shape index (κ3) is 5.70. The van der Waals surface area contributed by atoms with Gasteiger partial charge in [0.2, 0.25) is 0 Å². The van der Waals surface area contributed by atoms with Crippen LogP contribution in [0.1, 0.15) is 26.3 Å². The number of nitrogens with zero attached hydrogens (tertiary/aromatic N) is 1. The largest absolute Gasteiger partial charge is 0.375 e. The van der Waals surface area contributed by atoms with E-state index in [1.165, 1.54) is 5.56 Å². The molecule has 0 amide bonds. The average Bonchev–Trinajstić information content (AvgIpc) is 2.77. The molecule has 2 rings (SSSR count). The molecule has 0 radical (unpaired) electrons. The molecule has 1 heterocycles. The van der Waals surface area contributed by atoms with E-state index in [9.17, 15) is 4.39 Å². The lowest BCUT2D eigenvalue weighted by molar-refractivity contribution is 0.0972.